The van der Waals surface area contributed by atoms with Crippen molar-refractivity contribution in [2.75, 3.05) is 5.73 Å². The molecular formula is C16H22FNO2. The van der Waals surface area contributed by atoms with Crippen LogP contribution in [0.1, 0.15) is 51.0 Å². The second kappa shape index (κ2) is 6.25. The predicted molar refractivity (Wildman–Crippen MR) is 76.9 cm³/mol. The molecule has 1 fully saturated rings. The van der Waals surface area contributed by atoms with E-state index in [1.807, 2.05) is 0 Å². The monoisotopic (exact) mass is 279 g/mol. The molecule has 1 atom stereocenters. The Hall–Kier alpha value is -1.58. The second-order valence-corrected chi connectivity index (χ2v) is 5.44. The Morgan fingerprint density at radius 2 is 1.90 bits per heavy atom. The van der Waals surface area contributed by atoms with Crippen LogP contribution >= 0.6 is 0 Å². The van der Waals surface area contributed by atoms with Gasteiger partial charge < -0.3 is 10.5 Å². The van der Waals surface area contributed by atoms with Crippen LogP contribution in [0.5, 0.6) is 0 Å². The van der Waals surface area contributed by atoms with Crippen molar-refractivity contribution in [3.63, 3.8) is 0 Å². The summed E-state index contributed by atoms with van der Waals surface area (Å²) >= 11 is 0. The summed E-state index contributed by atoms with van der Waals surface area (Å²) in [5, 5.41) is 0. The minimum Gasteiger partial charge on any atom is -0.460 e. The number of nitrogens with two attached hydrogens (primary N) is 1. The molecule has 4 heteroatoms. The van der Waals surface area contributed by atoms with Gasteiger partial charge in [-0.05, 0) is 44.2 Å². The normalized spacial score (nSPS) is 19.3. The summed E-state index contributed by atoms with van der Waals surface area (Å²) < 4.78 is 20.4. The van der Waals surface area contributed by atoms with Crippen LogP contribution < -0.4 is 5.73 Å². The topological polar surface area (TPSA) is 52.3 Å². The van der Waals surface area contributed by atoms with Crippen LogP contribution in [0.3, 0.4) is 0 Å². The molecule has 3 nitrogen and oxygen atoms in total. The Labute approximate surface area is 119 Å². The van der Waals surface area contributed by atoms with Gasteiger partial charge in [0.2, 0.25) is 5.67 Å². The lowest BCUT2D eigenvalue weighted by Crippen LogP contribution is -2.35. The van der Waals surface area contributed by atoms with Crippen LogP contribution in [-0.4, -0.2) is 12.1 Å². The van der Waals surface area contributed by atoms with Crippen molar-refractivity contribution < 1.29 is 13.9 Å². The second-order valence-electron chi connectivity index (χ2n) is 5.44. The lowest BCUT2D eigenvalue weighted by Gasteiger charge is -2.28. The fraction of sp³-hybridized carbons (Fsp3) is 0.562. The van der Waals surface area contributed by atoms with Crippen LogP contribution in [0.25, 0.3) is 0 Å². The molecule has 1 aromatic rings. The molecule has 1 aromatic carbocycles. The van der Waals surface area contributed by atoms with E-state index in [1.165, 1.54) is 6.42 Å². The molecule has 0 aliphatic heterocycles. The lowest BCUT2D eigenvalue weighted by molar-refractivity contribution is -0.166. The molecule has 0 saturated heterocycles. The van der Waals surface area contributed by atoms with Crippen molar-refractivity contribution in [3.8, 4) is 0 Å². The average Bonchev–Trinajstić information content (AvgIpc) is 2.48. The molecule has 0 amide bonds. The highest BCUT2D eigenvalue weighted by atomic mass is 19.1. The third-order valence-electron chi connectivity index (χ3n) is 4.00. The number of carbonyl (C=O) groups excluding carboxylic acids is 1. The Balaban J connectivity index is 2.12. The number of nitrogen functional groups attached to an aromatic ring is 1. The van der Waals surface area contributed by atoms with Gasteiger partial charge in [-0.25, -0.2) is 9.18 Å². The van der Waals surface area contributed by atoms with Crippen LogP contribution in [0, 0.1) is 0 Å². The number of rotatable bonds is 4. The Kier molecular flexibility index (Phi) is 4.63. The minimum absolute atomic E-state index is 0.0580. The molecule has 2 rings (SSSR count). The van der Waals surface area contributed by atoms with Crippen molar-refractivity contribution in [1.29, 1.82) is 0 Å². The first-order valence-electron chi connectivity index (χ1n) is 7.32. The Morgan fingerprint density at radius 3 is 2.45 bits per heavy atom. The van der Waals surface area contributed by atoms with Gasteiger partial charge in [0.05, 0.1) is 0 Å². The number of halogens is 1. The maximum absolute atomic E-state index is 15.0. The number of hydrogen-bond acceptors (Lipinski definition) is 3. The molecule has 1 saturated carbocycles. The smallest absolute Gasteiger partial charge is 0.348 e. The summed E-state index contributed by atoms with van der Waals surface area (Å²) in [6, 6.07) is 6.32. The van der Waals surface area contributed by atoms with Crippen molar-refractivity contribution in [3.05, 3.63) is 29.8 Å². The van der Waals surface area contributed by atoms with E-state index in [2.05, 4.69) is 0 Å². The number of hydrogen-bond donors (Lipinski definition) is 1. The molecule has 1 aliphatic carbocycles. The summed E-state index contributed by atoms with van der Waals surface area (Å²) in [7, 11) is 0. The van der Waals surface area contributed by atoms with E-state index in [1.54, 1.807) is 31.2 Å². The fourth-order valence-electron chi connectivity index (χ4n) is 2.64. The average molecular weight is 279 g/mol. The van der Waals surface area contributed by atoms with Gasteiger partial charge >= 0.3 is 5.97 Å². The Morgan fingerprint density at radius 1 is 1.30 bits per heavy atom. The largest absolute Gasteiger partial charge is 0.460 e. The van der Waals surface area contributed by atoms with E-state index >= 15 is 4.39 Å². The molecule has 1 unspecified atom stereocenters. The fourth-order valence-corrected chi connectivity index (χ4v) is 2.64. The zero-order chi connectivity index (χ0) is 14.6. The van der Waals surface area contributed by atoms with Crippen LogP contribution in [0.4, 0.5) is 10.1 Å². The zero-order valence-electron chi connectivity index (χ0n) is 11.9. The van der Waals surface area contributed by atoms with Gasteiger partial charge in [-0.2, -0.15) is 0 Å². The van der Waals surface area contributed by atoms with E-state index in [0.29, 0.717) is 11.3 Å². The molecule has 1 aliphatic rings. The van der Waals surface area contributed by atoms with Crippen LogP contribution in [0.15, 0.2) is 24.3 Å². The van der Waals surface area contributed by atoms with E-state index in [0.717, 1.165) is 25.7 Å². The highest BCUT2D eigenvalue weighted by Gasteiger charge is 2.41. The van der Waals surface area contributed by atoms with E-state index in [4.69, 9.17) is 10.5 Å². The van der Waals surface area contributed by atoms with Crippen molar-refractivity contribution in [1.82, 2.24) is 0 Å². The molecule has 0 spiro atoms. The van der Waals surface area contributed by atoms with Gasteiger partial charge in [0.1, 0.15) is 6.10 Å². The van der Waals surface area contributed by atoms with Crippen LogP contribution in [0.2, 0.25) is 0 Å². The first kappa shape index (κ1) is 14.8. The third-order valence-corrected chi connectivity index (χ3v) is 4.00. The molecule has 20 heavy (non-hydrogen) atoms. The molecule has 2 N–H and O–H groups in total. The summed E-state index contributed by atoms with van der Waals surface area (Å²) in [5.74, 6) is -0.767. The summed E-state index contributed by atoms with van der Waals surface area (Å²) in [4.78, 5) is 12.2. The predicted octanol–water partition coefficient (Wildman–Crippen LogP) is 3.72. The maximum Gasteiger partial charge on any atom is 0.348 e. The first-order chi connectivity index (χ1) is 9.56. The number of benzene rings is 1. The zero-order valence-corrected chi connectivity index (χ0v) is 11.9. The molecule has 0 bridgehead atoms. The van der Waals surface area contributed by atoms with Gasteiger partial charge in [-0.15, -0.1) is 0 Å². The molecule has 0 radical (unpaired) electrons. The van der Waals surface area contributed by atoms with Gasteiger partial charge in [-0.3, -0.25) is 0 Å². The third kappa shape index (κ3) is 3.11. The number of esters is 1. The number of anilines is 1. The quantitative estimate of drug-likeness (QED) is 0.675. The molecular weight excluding hydrogens is 257 g/mol. The van der Waals surface area contributed by atoms with Gasteiger partial charge in [-0.1, -0.05) is 25.5 Å². The number of alkyl halides is 1. The van der Waals surface area contributed by atoms with Crippen LogP contribution in [-0.2, 0) is 15.2 Å². The number of ether oxygens (including phenoxy) is 1. The summed E-state index contributed by atoms with van der Waals surface area (Å²) in [5.41, 5.74) is 4.38. The highest BCUT2D eigenvalue weighted by molar-refractivity contribution is 5.81. The van der Waals surface area contributed by atoms with E-state index < -0.39 is 11.6 Å². The van der Waals surface area contributed by atoms with E-state index in [9.17, 15) is 4.79 Å². The van der Waals surface area contributed by atoms with Gasteiger partial charge in [0, 0.05) is 11.3 Å². The summed E-state index contributed by atoms with van der Waals surface area (Å²) in [6.45, 7) is 1.65. The highest BCUT2D eigenvalue weighted by Crippen LogP contribution is 2.33. The molecule has 0 aromatic heterocycles. The van der Waals surface area contributed by atoms with Crippen molar-refractivity contribution >= 4 is 11.7 Å². The van der Waals surface area contributed by atoms with E-state index in [-0.39, 0.29) is 12.5 Å². The standard InChI is InChI=1S/C16H22FNO2/c1-2-16(17,12-8-10-13(18)11-9-12)15(19)20-14-6-4-3-5-7-14/h8-11,14H,2-7,18H2,1H3. The van der Waals surface area contributed by atoms with Crippen molar-refractivity contribution in [2.45, 2.75) is 57.2 Å². The SMILES string of the molecule is CCC(F)(C(=O)OC1CCCCC1)c1ccc(N)cc1. The van der Waals surface area contributed by atoms with Gasteiger partial charge in [0.25, 0.3) is 0 Å². The molecule has 110 valence electrons. The first-order valence-corrected chi connectivity index (χ1v) is 7.32. The Bertz CT molecular complexity index is 454. The summed E-state index contributed by atoms with van der Waals surface area (Å²) in [6.07, 6.45) is 4.87. The maximum atomic E-state index is 15.0. The minimum atomic E-state index is -2.08. The number of carbonyl (C=O) groups is 1. The van der Waals surface area contributed by atoms with Gasteiger partial charge in [0.15, 0.2) is 0 Å². The lowest BCUT2D eigenvalue weighted by atomic mass is 9.92. The van der Waals surface area contributed by atoms with Crippen molar-refractivity contribution in [2.24, 2.45) is 0 Å². The molecule has 0 heterocycles.